The predicted octanol–water partition coefficient (Wildman–Crippen LogP) is 3.61. The van der Waals surface area contributed by atoms with Gasteiger partial charge in [0.1, 0.15) is 5.75 Å². The first-order valence-electron chi connectivity index (χ1n) is 6.21. The molecule has 0 fully saturated rings. The van der Waals surface area contributed by atoms with Crippen LogP contribution in [0.4, 0.5) is 0 Å². The average molecular weight is 295 g/mol. The number of hydrogen-bond acceptors (Lipinski definition) is 3. The van der Waals surface area contributed by atoms with Crippen molar-refractivity contribution in [3.05, 3.63) is 40.9 Å². The zero-order chi connectivity index (χ0) is 14.5. The number of hydrogen-bond donors (Lipinski definition) is 1. The summed E-state index contributed by atoms with van der Waals surface area (Å²) in [6.45, 7) is 0.995. The summed E-state index contributed by atoms with van der Waals surface area (Å²) in [4.78, 5) is 11.2. The van der Waals surface area contributed by atoms with Crippen molar-refractivity contribution in [2.24, 2.45) is 0 Å². The molecule has 0 aromatic heterocycles. The first kappa shape index (κ1) is 14.6. The van der Waals surface area contributed by atoms with Crippen LogP contribution in [0.25, 0.3) is 10.8 Å². The number of rotatable bonds is 6. The fraction of sp³-hybridized carbons (Fsp3) is 0.267. The Hall–Kier alpha value is -1.78. The summed E-state index contributed by atoms with van der Waals surface area (Å²) in [5.74, 6) is -0.652. The van der Waals surface area contributed by atoms with E-state index in [-0.39, 0.29) is 10.6 Å². The number of carbonyl (C=O) groups is 1. The Morgan fingerprint density at radius 1 is 1.30 bits per heavy atom. The minimum absolute atomic E-state index is 0.0482. The van der Waals surface area contributed by atoms with Gasteiger partial charge in [-0.1, -0.05) is 35.9 Å². The molecule has 0 aliphatic carbocycles. The smallest absolute Gasteiger partial charge is 0.337 e. The second-order valence-electron chi connectivity index (χ2n) is 4.29. The Kier molecular flexibility index (Phi) is 4.82. The Morgan fingerprint density at radius 3 is 2.75 bits per heavy atom. The van der Waals surface area contributed by atoms with Crippen molar-refractivity contribution in [1.82, 2.24) is 0 Å². The van der Waals surface area contributed by atoms with Gasteiger partial charge in [0.15, 0.2) is 0 Å². The van der Waals surface area contributed by atoms with E-state index in [9.17, 15) is 9.90 Å². The SMILES string of the molecule is COCCCOc1c(Cl)c(C(=O)O)cc2ccccc12. The summed E-state index contributed by atoms with van der Waals surface area (Å²) in [6, 6.07) is 8.96. The topological polar surface area (TPSA) is 55.8 Å². The maximum Gasteiger partial charge on any atom is 0.337 e. The molecule has 0 heterocycles. The number of halogens is 1. The molecule has 2 rings (SSSR count). The monoisotopic (exact) mass is 294 g/mol. The van der Waals surface area contributed by atoms with Crippen LogP contribution < -0.4 is 4.74 Å². The lowest BCUT2D eigenvalue weighted by atomic mass is 10.1. The molecular formula is C15H15ClO4. The van der Waals surface area contributed by atoms with Gasteiger partial charge in [0.05, 0.1) is 17.2 Å². The number of aromatic carboxylic acids is 1. The lowest BCUT2D eigenvalue weighted by Crippen LogP contribution is -2.05. The zero-order valence-electron chi connectivity index (χ0n) is 11.1. The number of carboxylic acid groups (broad SMARTS) is 1. The van der Waals surface area contributed by atoms with Crippen molar-refractivity contribution < 1.29 is 19.4 Å². The first-order chi connectivity index (χ1) is 9.65. The van der Waals surface area contributed by atoms with Crippen LogP contribution in [0.5, 0.6) is 5.75 Å². The van der Waals surface area contributed by atoms with E-state index in [1.54, 1.807) is 13.2 Å². The van der Waals surface area contributed by atoms with Gasteiger partial charge in [0.2, 0.25) is 0 Å². The van der Waals surface area contributed by atoms with E-state index in [1.807, 2.05) is 24.3 Å². The lowest BCUT2D eigenvalue weighted by molar-refractivity contribution is 0.0696. The molecule has 0 saturated heterocycles. The van der Waals surface area contributed by atoms with E-state index >= 15 is 0 Å². The molecule has 0 aliphatic rings. The van der Waals surface area contributed by atoms with Crippen LogP contribution in [0.2, 0.25) is 5.02 Å². The molecule has 0 aliphatic heterocycles. The highest BCUT2D eigenvalue weighted by Gasteiger charge is 2.17. The summed E-state index contributed by atoms with van der Waals surface area (Å²) in [5.41, 5.74) is 0.0482. The summed E-state index contributed by atoms with van der Waals surface area (Å²) < 4.78 is 10.6. The lowest BCUT2D eigenvalue weighted by Gasteiger charge is -2.13. The highest BCUT2D eigenvalue weighted by Crippen LogP contribution is 2.36. The van der Waals surface area contributed by atoms with Crippen molar-refractivity contribution in [1.29, 1.82) is 0 Å². The molecule has 2 aromatic rings. The summed E-state index contributed by atoms with van der Waals surface area (Å²) in [6.07, 6.45) is 0.707. The third-order valence-electron chi connectivity index (χ3n) is 2.91. The van der Waals surface area contributed by atoms with Crippen molar-refractivity contribution in [3.8, 4) is 5.75 Å². The fourth-order valence-electron chi connectivity index (χ4n) is 1.96. The van der Waals surface area contributed by atoms with Gasteiger partial charge in [-0.15, -0.1) is 0 Å². The summed E-state index contributed by atoms with van der Waals surface area (Å²) >= 11 is 6.16. The quantitative estimate of drug-likeness (QED) is 0.827. The van der Waals surface area contributed by atoms with Crippen LogP contribution in [-0.2, 0) is 4.74 Å². The van der Waals surface area contributed by atoms with Gasteiger partial charge in [-0.25, -0.2) is 4.79 Å². The molecule has 0 saturated carbocycles. The van der Waals surface area contributed by atoms with E-state index in [2.05, 4.69) is 0 Å². The second kappa shape index (κ2) is 6.59. The highest BCUT2D eigenvalue weighted by molar-refractivity contribution is 6.36. The van der Waals surface area contributed by atoms with Crippen LogP contribution in [0.1, 0.15) is 16.8 Å². The maximum absolute atomic E-state index is 11.2. The number of ether oxygens (including phenoxy) is 2. The van der Waals surface area contributed by atoms with Gasteiger partial charge in [-0.2, -0.15) is 0 Å². The molecule has 4 nitrogen and oxygen atoms in total. The number of fused-ring (bicyclic) bond motifs is 1. The molecule has 0 unspecified atom stereocenters. The largest absolute Gasteiger partial charge is 0.491 e. The molecule has 0 amide bonds. The molecule has 1 N–H and O–H groups in total. The second-order valence-corrected chi connectivity index (χ2v) is 4.67. The summed E-state index contributed by atoms with van der Waals surface area (Å²) in [5, 5.41) is 10.9. The van der Waals surface area contributed by atoms with Gasteiger partial charge >= 0.3 is 5.97 Å². The third kappa shape index (κ3) is 3.03. The zero-order valence-corrected chi connectivity index (χ0v) is 11.8. The molecule has 0 spiro atoms. The fourth-order valence-corrected chi connectivity index (χ4v) is 2.26. The number of methoxy groups -OCH3 is 1. The van der Waals surface area contributed by atoms with E-state index in [4.69, 9.17) is 21.1 Å². The van der Waals surface area contributed by atoms with Gasteiger partial charge in [-0.3, -0.25) is 0 Å². The number of carboxylic acids is 1. The van der Waals surface area contributed by atoms with Gasteiger partial charge in [-0.05, 0) is 11.5 Å². The van der Waals surface area contributed by atoms with Crippen molar-refractivity contribution in [3.63, 3.8) is 0 Å². The van der Waals surface area contributed by atoms with E-state index in [0.29, 0.717) is 25.4 Å². The summed E-state index contributed by atoms with van der Waals surface area (Å²) in [7, 11) is 1.62. The van der Waals surface area contributed by atoms with Crippen LogP contribution in [0.3, 0.4) is 0 Å². The van der Waals surface area contributed by atoms with Gasteiger partial charge in [0, 0.05) is 25.5 Å². The minimum atomic E-state index is -1.07. The molecular weight excluding hydrogens is 280 g/mol. The standard InChI is InChI=1S/C15H15ClO4/c1-19-7-4-8-20-14-11-6-3-2-5-10(11)9-12(13(14)16)15(17)18/h2-3,5-6,9H,4,7-8H2,1H3,(H,17,18). The predicted molar refractivity (Wildman–Crippen MR) is 77.9 cm³/mol. The van der Waals surface area contributed by atoms with Crippen molar-refractivity contribution in [2.45, 2.75) is 6.42 Å². The Balaban J connectivity index is 2.43. The van der Waals surface area contributed by atoms with Gasteiger partial charge in [0.25, 0.3) is 0 Å². The van der Waals surface area contributed by atoms with Crippen molar-refractivity contribution >= 4 is 28.3 Å². The molecule has 106 valence electrons. The average Bonchev–Trinajstić information content (AvgIpc) is 2.44. The van der Waals surface area contributed by atoms with Crippen LogP contribution >= 0.6 is 11.6 Å². The minimum Gasteiger partial charge on any atom is -0.491 e. The molecule has 0 bridgehead atoms. The molecule has 20 heavy (non-hydrogen) atoms. The molecule has 5 heteroatoms. The van der Waals surface area contributed by atoms with Crippen LogP contribution in [-0.4, -0.2) is 31.4 Å². The van der Waals surface area contributed by atoms with Gasteiger partial charge < -0.3 is 14.6 Å². The Labute approximate surface area is 121 Å². The molecule has 0 radical (unpaired) electrons. The molecule has 2 aromatic carbocycles. The molecule has 0 atom stereocenters. The number of benzene rings is 2. The van der Waals surface area contributed by atoms with E-state index in [1.165, 1.54) is 0 Å². The first-order valence-corrected chi connectivity index (χ1v) is 6.59. The normalized spacial score (nSPS) is 10.7. The van der Waals surface area contributed by atoms with E-state index in [0.717, 1.165) is 10.8 Å². The van der Waals surface area contributed by atoms with Crippen molar-refractivity contribution in [2.75, 3.05) is 20.3 Å². The third-order valence-corrected chi connectivity index (χ3v) is 3.29. The van der Waals surface area contributed by atoms with E-state index < -0.39 is 5.97 Å². The Morgan fingerprint density at radius 2 is 2.05 bits per heavy atom. The van der Waals surface area contributed by atoms with Crippen LogP contribution in [0, 0.1) is 0 Å². The highest BCUT2D eigenvalue weighted by atomic mass is 35.5. The maximum atomic E-state index is 11.2. The Bertz CT molecular complexity index is 625. The van der Waals surface area contributed by atoms with Crippen LogP contribution in [0.15, 0.2) is 30.3 Å².